The number of aryl methyl sites for hydroxylation is 2. The third-order valence-corrected chi connectivity index (χ3v) is 6.09. The zero-order valence-corrected chi connectivity index (χ0v) is 17.7. The minimum atomic E-state index is -5.08. The van der Waals surface area contributed by atoms with Crippen LogP contribution < -0.4 is 5.32 Å². The zero-order valence-electron chi connectivity index (χ0n) is 16.1. The number of hydrogen-bond acceptors (Lipinski definition) is 3. The molecule has 1 aliphatic heterocycles. The maximum absolute atomic E-state index is 10.6. The van der Waals surface area contributed by atoms with Crippen molar-refractivity contribution in [1.29, 1.82) is 0 Å². The molecule has 1 saturated heterocycles. The van der Waals surface area contributed by atoms with E-state index < -0.39 is 12.1 Å². The number of rotatable bonds is 3. The minimum absolute atomic E-state index is 0.660. The molecule has 2 N–H and O–H groups in total. The molecule has 2 aromatic carbocycles. The van der Waals surface area contributed by atoms with Crippen LogP contribution in [0.15, 0.2) is 46.2 Å². The lowest BCUT2D eigenvalue weighted by molar-refractivity contribution is -0.192. The highest BCUT2D eigenvalue weighted by Crippen LogP contribution is 2.40. The highest BCUT2D eigenvalue weighted by Gasteiger charge is 2.38. The molecule has 3 nitrogen and oxygen atoms in total. The molecule has 0 radical (unpaired) electrons. The van der Waals surface area contributed by atoms with Gasteiger partial charge in [-0.3, -0.25) is 0 Å². The molecular weight excluding hydrogens is 423 g/mol. The van der Waals surface area contributed by atoms with Gasteiger partial charge >= 0.3 is 12.1 Å². The van der Waals surface area contributed by atoms with E-state index in [4.69, 9.17) is 21.5 Å². The van der Waals surface area contributed by atoms with E-state index in [1.165, 1.54) is 34.4 Å². The summed E-state index contributed by atoms with van der Waals surface area (Å²) in [5.74, 6) is -2.10. The molecule has 0 unspecified atom stereocenters. The van der Waals surface area contributed by atoms with Crippen molar-refractivity contribution in [2.24, 2.45) is 0 Å². The van der Waals surface area contributed by atoms with Gasteiger partial charge in [0.15, 0.2) is 0 Å². The average Bonchev–Trinajstić information content (AvgIpc) is 2.65. The lowest BCUT2D eigenvalue weighted by Gasteiger charge is -2.25. The first kappa shape index (κ1) is 23.6. The Balaban J connectivity index is 0.000000370. The maximum Gasteiger partial charge on any atom is 0.490 e. The molecule has 0 aromatic heterocycles. The van der Waals surface area contributed by atoms with Crippen molar-refractivity contribution in [2.75, 3.05) is 13.1 Å². The van der Waals surface area contributed by atoms with Gasteiger partial charge in [0, 0.05) is 9.79 Å². The molecule has 0 bridgehead atoms. The highest BCUT2D eigenvalue weighted by molar-refractivity contribution is 7.99. The first-order chi connectivity index (χ1) is 13.6. The van der Waals surface area contributed by atoms with E-state index >= 15 is 0 Å². The molecule has 8 heteroatoms. The van der Waals surface area contributed by atoms with Crippen LogP contribution in [0, 0.1) is 13.8 Å². The monoisotopic (exact) mass is 445 g/mol. The zero-order chi connectivity index (χ0) is 21.6. The van der Waals surface area contributed by atoms with Crippen LogP contribution in [-0.4, -0.2) is 30.3 Å². The lowest BCUT2D eigenvalue weighted by atomic mass is 9.89. The van der Waals surface area contributed by atoms with E-state index in [1.807, 2.05) is 6.07 Å². The van der Waals surface area contributed by atoms with E-state index in [-0.39, 0.29) is 0 Å². The summed E-state index contributed by atoms with van der Waals surface area (Å²) in [5, 5.41) is 11.4. The molecule has 0 saturated carbocycles. The van der Waals surface area contributed by atoms with Gasteiger partial charge in [-0.25, -0.2) is 4.79 Å². The topological polar surface area (TPSA) is 49.3 Å². The van der Waals surface area contributed by atoms with Crippen LogP contribution in [0.3, 0.4) is 0 Å². The molecule has 0 spiro atoms. The number of piperidine rings is 1. The summed E-state index contributed by atoms with van der Waals surface area (Å²) in [6, 6.07) is 13.1. The van der Waals surface area contributed by atoms with Gasteiger partial charge in [0.1, 0.15) is 0 Å². The molecule has 29 heavy (non-hydrogen) atoms. The summed E-state index contributed by atoms with van der Waals surface area (Å²) < 4.78 is 31.7. The molecule has 0 amide bonds. The SMILES string of the molecule is Cc1ccc(Sc2ccc(C)cc2C2CCNCC2)c(Cl)c1.O=C(O)C(F)(F)F. The van der Waals surface area contributed by atoms with E-state index in [2.05, 4.69) is 49.5 Å². The van der Waals surface area contributed by atoms with E-state index in [0.29, 0.717) is 5.92 Å². The fraction of sp³-hybridized carbons (Fsp3) is 0.381. The van der Waals surface area contributed by atoms with Gasteiger partial charge in [-0.1, -0.05) is 47.1 Å². The Morgan fingerprint density at radius 1 is 1.07 bits per heavy atom. The molecule has 0 aliphatic carbocycles. The first-order valence-corrected chi connectivity index (χ1v) is 10.3. The van der Waals surface area contributed by atoms with Crippen LogP contribution >= 0.6 is 23.4 Å². The van der Waals surface area contributed by atoms with Gasteiger partial charge in [0.05, 0.1) is 5.02 Å². The normalized spacial score (nSPS) is 14.8. The summed E-state index contributed by atoms with van der Waals surface area (Å²) in [4.78, 5) is 11.4. The number of carboxylic acid groups (broad SMARTS) is 1. The van der Waals surface area contributed by atoms with Gasteiger partial charge in [-0.2, -0.15) is 13.2 Å². The van der Waals surface area contributed by atoms with Crippen LogP contribution in [0.1, 0.15) is 35.4 Å². The number of nitrogens with one attached hydrogen (secondary N) is 1. The quantitative estimate of drug-likeness (QED) is 0.589. The summed E-state index contributed by atoms with van der Waals surface area (Å²) >= 11 is 8.22. The van der Waals surface area contributed by atoms with Crippen LogP contribution in [0.5, 0.6) is 0 Å². The van der Waals surface area contributed by atoms with Crippen molar-refractivity contribution in [3.05, 3.63) is 58.1 Å². The predicted octanol–water partition coefficient (Wildman–Crippen LogP) is 6.21. The average molecular weight is 446 g/mol. The second-order valence-corrected chi connectivity index (χ2v) is 8.40. The summed E-state index contributed by atoms with van der Waals surface area (Å²) in [5.41, 5.74) is 4.04. The van der Waals surface area contributed by atoms with Gasteiger partial charge in [-0.05, 0) is 75.0 Å². The number of alkyl halides is 3. The molecule has 158 valence electrons. The van der Waals surface area contributed by atoms with E-state index in [1.54, 1.807) is 11.8 Å². The van der Waals surface area contributed by atoms with Crippen molar-refractivity contribution in [3.63, 3.8) is 0 Å². The van der Waals surface area contributed by atoms with Gasteiger partial charge in [0.2, 0.25) is 0 Å². The van der Waals surface area contributed by atoms with Crippen LogP contribution in [0.2, 0.25) is 5.02 Å². The largest absolute Gasteiger partial charge is 0.490 e. The van der Waals surface area contributed by atoms with Crippen LogP contribution in [0.4, 0.5) is 13.2 Å². The number of carbonyl (C=O) groups is 1. The third kappa shape index (κ3) is 7.24. The number of aliphatic carboxylic acids is 1. The number of halogens is 4. The minimum Gasteiger partial charge on any atom is -0.475 e. The summed E-state index contributed by atoms with van der Waals surface area (Å²) in [7, 11) is 0. The Morgan fingerprint density at radius 2 is 1.59 bits per heavy atom. The maximum atomic E-state index is 10.6. The molecular formula is C21H23ClF3NO2S. The smallest absolute Gasteiger partial charge is 0.475 e. The summed E-state index contributed by atoms with van der Waals surface area (Å²) in [6.07, 6.45) is -2.64. The Labute approximate surface area is 177 Å². The van der Waals surface area contributed by atoms with Crippen LogP contribution in [0.25, 0.3) is 0 Å². The van der Waals surface area contributed by atoms with Gasteiger partial charge in [0.25, 0.3) is 0 Å². The number of hydrogen-bond donors (Lipinski definition) is 2. The Morgan fingerprint density at radius 3 is 2.10 bits per heavy atom. The molecule has 2 aromatic rings. The van der Waals surface area contributed by atoms with Gasteiger partial charge in [-0.15, -0.1) is 0 Å². The van der Waals surface area contributed by atoms with Crippen molar-refractivity contribution in [2.45, 2.75) is 48.6 Å². The first-order valence-electron chi connectivity index (χ1n) is 9.13. The van der Waals surface area contributed by atoms with Gasteiger partial charge < -0.3 is 10.4 Å². The molecule has 1 fully saturated rings. The highest BCUT2D eigenvalue weighted by atomic mass is 35.5. The Hall–Kier alpha value is -1.70. The molecule has 1 aliphatic rings. The van der Waals surface area contributed by atoms with Crippen molar-refractivity contribution in [1.82, 2.24) is 5.32 Å². The standard InChI is InChI=1S/C19H22ClNS.C2HF3O2/c1-13-3-5-18(16(11-13)15-7-9-21-10-8-15)22-19-6-4-14(2)12-17(19)20;3-2(4,5)1(6)7/h3-6,11-12,15,21H,7-10H2,1-2H3;(H,6,7). The summed E-state index contributed by atoms with van der Waals surface area (Å²) in [6.45, 7) is 6.49. The van der Waals surface area contributed by atoms with Crippen molar-refractivity contribution < 1.29 is 23.1 Å². The van der Waals surface area contributed by atoms with Crippen molar-refractivity contribution >= 4 is 29.3 Å². The molecule has 0 atom stereocenters. The second kappa shape index (κ2) is 10.4. The second-order valence-electron chi connectivity index (χ2n) is 6.90. The lowest BCUT2D eigenvalue weighted by Crippen LogP contribution is -2.26. The fourth-order valence-corrected chi connectivity index (χ4v) is 4.38. The van der Waals surface area contributed by atoms with E-state index in [0.717, 1.165) is 23.0 Å². The van der Waals surface area contributed by atoms with E-state index in [9.17, 15) is 13.2 Å². The third-order valence-electron chi connectivity index (χ3n) is 4.49. The van der Waals surface area contributed by atoms with Crippen molar-refractivity contribution in [3.8, 4) is 0 Å². The van der Waals surface area contributed by atoms with Crippen LogP contribution in [-0.2, 0) is 4.79 Å². The molecule has 1 heterocycles. The Bertz CT molecular complexity index is 852. The fourth-order valence-electron chi connectivity index (χ4n) is 3.02. The predicted molar refractivity (Wildman–Crippen MR) is 110 cm³/mol. The number of carboxylic acids is 1. The molecule has 3 rings (SSSR count). The Kier molecular flexibility index (Phi) is 8.43. The number of benzene rings is 2.